The van der Waals surface area contributed by atoms with Crippen LogP contribution < -0.4 is 4.90 Å². The van der Waals surface area contributed by atoms with Gasteiger partial charge in [0.25, 0.3) is 0 Å². The third-order valence-corrected chi connectivity index (χ3v) is 4.11. The van der Waals surface area contributed by atoms with Gasteiger partial charge < -0.3 is 4.90 Å². The molecule has 2 heterocycles. The zero-order chi connectivity index (χ0) is 11.0. The normalized spacial score (nSPS) is 33.0. The van der Waals surface area contributed by atoms with Gasteiger partial charge in [-0.1, -0.05) is 30.3 Å². The summed E-state index contributed by atoms with van der Waals surface area (Å²) in [6, 6.07) is 11.9. The molecule has 0 amide bonds. The van der Waals surface area contributed by atoms with E-state index in [2.05, 4.69) is 30.3 Å². The highest BCUT2D eigenvalue weighted by Crippen LogP contribution is 2.20. The Morgan fingerprint density at radius 1 is 1.06 bits per heavy atom. The summed E-state index contributed by atoms with van der Waals surface area (Å²) in [7, 11) is 0. The lowest BCUT2D eigenvalue weighted by Gasteiger charge is -2.30. The molecule has 2 nitrogen and oxygen atoms in total. The molecular formula is C14H18NO+. The van der Waals surface area contributed by atoms with Crippen molar-refractivity contribution in [3.8, 4) is 0 Å². The molecule has 2 aliphatic heterocycles. The quantitative estimate of drug-likeness (QED) is 0.781. The van der Waals surface area contributed by atoms with Crippen LogP contribution in [0.4, 0.5) is 0 Å². The first-order valence-electron chi connectivity index (χ1n) is 6.24. The second kappa shape index (κ2) is 4.02. The third-order valence-electron chi connectivity index (χ3n) is 4.11. The van der Waals surface area contributed by atoms with Gasteiger partial charge in [0.1, 0.15) is 12.3 Å². The Labute approximate surface area is 96.3 Å². The van der Waals surface area contributed by atoms with E-state index < -0.39 is 0 Å². The number of hydrogen-bond acceptors (Lipinski definition) is 1. The van der Waals surface area contributed by atoms with Crippen molar-refractivity contribution in [1.82, 2.24) is 0 Å². The van der Waals surface area contributed by atoms with Crippen molar-refractivity contribution in [2.45, 2.75) is 44.3 Å². The average Bonchev–Trinajstić information content (AvgIpc) is 2.54. The number of quaternary nitrogens is 1. The van der Waals surface area contributed by atoms with Crippen molar-refractivity contribution < 1.29 is 9.69 Å². The van der Waals surface area contributed by atoms with E-state index >= 15 is 0 Å². The molecule has 0 radical (unpaired) electrons. The molecule has 0 aliphatic carbocycles. The van der Waals surface area contributed by atoms with Crippen LogP contribution >= 0.6 is 0 Å². The maximum atomic E-state index is 11.5. The number of benzene rings is 1. The molecule has 1 aromatic rings. The highest BCUT2D eigenvalue weighted by Gasteiger charge is 2.43. The van der Waals surface area contributed by atoms with E-state index in [1.807, 2.05) is 0 Å². The van der Waals surface area contributed by atoms with Crippen molar-refractivity contribution in [3.63, 3.8) is 0 Å². The Hall–Kier alpha value is -1.15. The molecule has 1 N–H and O–H groups in total. The number of hydrogen-bond donors (Lipinski definition) is 1. The van der Waals surface area contributed by atoms with Crippen molar-refractivity contribution in [2.75, 3.05) is 0 Å². The first-order chi connectivity index (χ1) is 7.83. The molecule has 2 bridgehead atoms. The van der Waals surface area contributed by atoms with Gasteiger partial charge >= 0.3 is 0 Å². The van der Waals surface area contributed by atoms with E-state index in [-0.39, 0.29) is 0 Å². The van der Waals surface area contributed by atoms with Crippen LogP contribution in [-0.2, 0) is 11.3 Å². The average molecular weight is 216 g/mol. The minimum atomic E-state index is 0.490. The van der Waals surface area contributed by atoms with Crippen molar-refractivity contribution >= 4 is 5.78 Å². The molecule has 2 unspecified atom stereocenters. The van der Waals surface area contributed by atoms with E-state index in [4.69, 9.17) is 0 Å². The zero-order valence-electron chi connectivity index (χ0n) is 9.49. The van der Waals surface area contributed by atoms with Crippen molar-refractivity contribution in [1.29, 1.82) is 0 Å². The third kappa shape index (κ3) is 1.78. The molecule has 0 spiro atoms. The molecule has 0 saturated carbocycles. The number of rotatable bonds is 2. The minimum Gasteiger partial charge on any atom is -0.326 e. The van der Waals surface area contributed by atoms with Crippen LogP contribution in [0.1, 0.15) is 31.2 Å². The van der Waals surface area contributed by atoms with Crippen LogP contribution in [0.5, 0.6) is 0 Å². The van der Waals surface area contributed by atoms with Gasteiger partial charge in [0.05, 0.1) is 24.9 Å². The second-order valence-electron chi connectivity index (χ2n) is 5.16. The molecule has 1 aromatic carbocycles. The molecule has 2 aliphatic rings. The predicted octanol–water partition coefficient (Wildman–Crippen LogP) is 0.965. The van der Waals surface area contributed by atoms with Gasteiger partial charge in [0.15, 0.2) is 0 Å². The minimum absolute atomic E-state index is 0.490. The zero-order valence-corrected chi connectivity index (χ0v) is 9.49. The topological polar surface area (TPSA) is 21.5 Å². The molecular weight excluding hydrogens is 198 g/mol. The highest BCUT2D eigenvalue weighted by molar-refractivity contribution is 5.80. The smallest absolute Gasteiger partial charge is 0.144 e. The van der Waals surface area contributed by atoms with Crippen LogP contribution in [0, 0.1) is 0 Å². The Bertz CT molecular complexity index is 371. The second-order valence-corrected chi connectivity index (χ2v) is 5.16. The number of nitrogens with one attached hydrogen (secondary N) is 1. The fraction of sp³-hybridized carbons (Fsp3) is 0.500. The summed E-state index contributed by atoms with van der Waals surface area (Å²) in [5.74, 6) is 0.490. The van der Waals surface area contributed by atoms with E-state index in [1.165, 1.54) is 18.4 Å². The largest absolute Gasteiger partial charge is 0.326 e. The first-order valence-corrected chi connectivity index (χ1v) is 6.24. The fourth-order valence-corrected chi connectivity index (χ4v) is 3.33. The van der Waals surface area contributed by atoms with Gasteiger partial charge in [-0.15, -0.1) is 0 Å². The number of fused-ring (bicyclic) bond motifs is 2. The SMILES string of the molecule is O=C1CC2CCC(C1)[NH+]2Cc1ccccc1. The number of Topliss-reactive ketones (excluding diaryl/α,β-unsaturated/α-hetero) is 1. The molecule has 2 atom stereocenters. The summed E-state index contributed by atoms with van der Waals surface area (Å²) in [5, 5.41) is 0. The summed E-state index contributed by atoms with van der Waals surface area (Å²) in [4.78, 5) is 13.2. The standard InChI is InChI=1S/C14H17NO/c16-14-8-12-6-7-13(9-14)15(12)10-11-4-2-1-3-5-11/h1-5,12-13H,6-10H2/p+1. The van der Waals surface area contributed by atoms with E-state index in [9.17, 15) is 4.79 Å². The maximum absolute atomic E-state index is 11.5. The van der Waals surface area contributed by atoms with Crippen LogP contribution in [0.25, 0.3) is 0 Å². The number of carbonyl (C=O) groups excluding carboxylic acids is 1. The van der Waals surface area contributed by atoms with Crippen LogP contribution in [0.3, 0.4) is 0 Å². The molecule has 16 heavy (non-hydrogen) atoms. The maximum Gasteiger partial charge on any atom is 0.144 e. The lowest BCUT2D eigenvalue weighted by Crippen LogP contribution is -3.17. The van der Waals surface area contributed by atoms with E-state index in [0.29, 0.717) is 17.9 Å². The molecule has 3 rings (SSSR count). The van der Waals surface area contributed by atoms with Gasteiger partial charge in [0, 0.05) is 18.4 Å². The Kier molecular flexibility index (Phi) is 2.52. The first kappa shape index (κ1) is 10.0. The molecule has 0 aromatic heterocycles. The van der Waals surface area contributed by atoms with Gasteiger partial charge in [-0.2, -0.15) is 0 Å². The Morgan fingerprint density at radius 3 is 2.31 bits per heavy atom. The highest BCUT2D eigenvalue weighted by atomic mass is 16.1. The Morgan fingerprint density at radius 2 is 1.69 bits per heavy atom. The predicted molar refractivity (Wildman–Crippen MR) is 62.2 cm³/mol. The molecule has 2 heteroatoms. The molecule has 84 valence electrons. The summed E-state index contributed by atoms with van der Waals surface area (Å²) >= 11 is 0. The van der Waals surface area contributed by atoms with Gasteiger partial charge in [0.2, 0.25) is 0 Å². The Balaban J connectivity index is 1.75. The summed E-state index contributed by atoms with van der Waals surface area (Å²) in [6.07, 6.45) is 4.13. The molecule has 2 saturated heterocycles. The number of ketones is 1. The number of piperidine rings is 1. The van der Waals surface area contributed by atoms with E-state index in [0.717, 1.165) is 19.4 Å². The molecule has 2 fully saturated rings. The van der Waals surface area contributed by atoms with Crippen LogP contribution in [0.15, 0.2) is 30.3 Å². The van der Waals surface area contributed by atoms with E-state index in [1.54, 1.807) is 4.90 Å². The van der Waals surface area contributed by atoms with Gasteiger partial charge in [-0.05, 0) is 0 Å². The van der Waals surface area contributed by atoms with Gasteiger partial charge in [-0.3, -0.25) is 4.79 Å². The number of carbonyl (C=O) groups is 1. The lowest BCUT2D eigenvalue weighted by atomic mass is 10.0. The van der Waals surface area contributed by atoms with Crippen molar-refractivity contribution in [2.24, 2.45) is 0 Å². The van der Waals surface area contributed by atoms with Crippen LogP contribution in [0.2, 0.25) is 0 Å². The fourth-order valence-electron chi connectivity index (χ4n) is 3.33. The summed E-state index contributed by atoms with van der Waals surface area (Å²) < 4.78 is 0. The summed E-state index contributed by atoms with van der Waals surface area (Å²) in [6.45, 7) is 1.10. The van der Waals surface area contributed by atoms with Crippen molar-refractivity contribution in [3.05, 3.63) is 35.9 Å². The lowest BCUT2D eigenvalue weighted by molar-refractivity contribution is -0.950. The monoisotopic (exact) mass is 216 g/mol. The van der Waals surface area contributed by atoms with Gasteiger partial charge in [-0.25, -0.2) is 0 Å². The summed E-state index contributed by atoms with van der Waals surface area (Å²) in [5.41, 5.74) is 1.41. The van der Waals surface area contributed by atoms with Crippen LogP contribution in [-0.4, -0.2) is 17.9 Å².